The molecule has 0 bridgehead atoms. The van der Waals surface area contributed by atoms with Crippen molar-refractivity contribution in [1.29, 1.82) is 0 Å². The first-order valence-electron chi connectivity index (χ1n) is 6.03. The number of benzene rings is 1. The highest BCUT2D eigenvalue weighted by atomic mass is 19.4. The van der Waals surface area contributed by atoms with E-state index in [9.17, 15) is 18.0 Å². The fourth-order valence-corrected chi connectivity index (χ4v) is 1.64. The van der Waals surface area contributed by atoms with Crippen molar-refractivity contribution in [3.05, 3.63) is 29.8 Å². The summed E-state index contributed by atoms with van der Waals surface area (Å²) in [6.07, 6.45) is -4.40. The zero-order valence-corrected chi connectivity index (χ0v) is 11.3. The van der Waals surface area contributed by atoms with E-state index in [4.69, 9.17) is 4.74 Å². The van der Waals surface area contributed by atoms with Crippen molar-refractivity contribution < 1.29 is 22.7 Å². The highest BCUT2D eigenvalue weighted by Crippen LogP contribution is 2.23. The van der Waals surface area contributed by atoms with Crippen molar-refractivity contribution >= 4 is 5.91 Å². The molecule has 112 valence electrons. The van der Waals surface area contributed by atoms with Crippen molar-refractivity contribution in [2.75, 3.05) is 20.2 Å². The van der Waals surface area contributed by atoms with Gasteiger partial charge in [-0.05, 0) is 13.0 Å². The van der Waals surface area contributed by atoms with Gasteiger partial charge in [0.15, 0.2) is 0 Å². The highest BCUT2D eigenvalue weighted by molar-refractivity contribution is 5.78. The van der Waals surface area contributed by atoms with Crippen LogP contribution in [0, 0.1) is 0 Å². The van der Waals surface area contributed by atoms with Gasteiger partial charge in [-0.1, -0.05) is 18.2 Å². The predicted molar refractivity (Wildman–Crippen MR) is 68.5 cm³/mol. The van der Waals surface area contributed by atoms with Gasteiger partial charge in [0.1, 0.15) is 12.3 Å². The van der Waals surface area contributed by atoms with E-state index in [1.807, 2.05) is 18.2 Å². The topological polar surface area (TPSA) is 50.4 Å². The van der Waals surface area contributed by atoms with E-state index < -0.39 is 18.6 Å². The molecule has 4 nitrogen and oxygen atoms in total. The van der Waals surface area contributed by atoms with E-state index in [0.717, 1.165) is 5.56 Å². The Balaban J connectivity index is 2.47. The Hall–Kier alpha value is -1.76. The molecule has 20 heavy (non-hydrogen) atoms. The summed E-state index contributed by atoms with van der Waals surface area (Å²) < 4.78 is 41.0. The average Bonchev–Trinajstić information content (AvgIpc) is 2.41. The van der Waals surface area contributed by atoms with Crippen LogP contribution < -0.4 is 15.4 Å². The molecule has 0 fully saturated rings. The summed E-state index contributed by atoms with van der Waals surface area (Å²) in [6, 6.07) is 7.01. The number of nitrogens with one attached hydrogen (secondary N) is 2. The zero-order valence-electron chi connectivity index (χ0n) is 11.3. The van der Waals surface area contributed by atoms with E-state index >= 15 is 0 Å². The summed E-state index contributed by atoms with van der Waals surface area (Å²) >= 11 is 0. The van der Waals surface area contributed by atoms with Gasteiger partial charge in [0.05, 0.1) is 13.7 Å². The van der Waals surface area contributed by atoms with E-state index in [2.05, 4.69) is 5.32 Å². The van der Waals surface area contributed by atoms with Crippen LogP contribution in [0.4, 0.5) is 13.2 Å². The number of para-hydroxylation sites is 1. The van der Waals surface area contributed by atoms with Crippen LogP contribution >= 0.6 is 0 Å². The molecular formula is C13H17F3N2O2. The van der Waals surface area contributed by atoms with Gasteiger partial charge in [0.25, 0.3) is 0 Å². The van der Waals surface area contributed by atoms with Crippen molar-refractivity contribution in [3.63, 3.8) is 0 Å². The van der Waals surface area contributed by atoms with Crippen molar-refractivity contribution in [2.24, 2.45) is 0 Å². The van der Waals surface area contributed by atoms with Gasteiger partial charge in [-0.25, -0.2) is 0 Å². The van der Waals surface area contributed by atoms with Crippen LogP contribution in [0.15, 0.2) is 24.3 Å². The molecule has 0 aliphatic heterocycles. The number of carbonyl (C=O) groups is 1. The van der Waals surface area contributed by atoms with E-state index in [1.54, 1.807) is 18.3 Å². The smallest absolute Gasteiger partial charge is 0.405 e. The second-order valence-electron chi connectivity index (χ2n) is 4.24. The number of hydrogen-bond acceptors (Lipinski definition) is 3. The second-order valence-corrected chi connectivity index (χ2v) is 4.24. The number of alkyl halides is 3. The van der Waals surface area contributed by atoms with Gasteiger partial charge in [-0.3, -0.25) is 4.79 Å². The third-order valence-corrected chi connectivity index (χ3v) is 2.66. The second kappa shape index (κ2) is 7.14. The molecule has 1 atom stereocenters. The van der Waals surface area contributed by atoms with E-state index in [0.29, 0.717) is 5.75 Å². The number of halogens is 3. The Kier molecular flexibility index (Phi) is 5.82. The van der Waals surface area contributed by atoms with Crippen LogP contribution in [-0.2, 0) is 4.79 Å². The summed E-state index contributed by atoms with van der Waals surface area (Å²) in [5.74, 6) is -0.0488. The number of carbonyl (C=O) groups excluding carboxylic acids is 1. The lowest BCUT2D eigenvalue weighted by atomic mass is 10.1. The summed E-state index contributed by atoms with van der Waals surface area (Å²) in [4.78, 5) is 11.3. The fourth-order valence-electron chi connectivity index (χ4n) is 1.64. The quantitative estimate of drug-likeness (QED) is 0.843. The molecular weight excluding hydrogens is 273 g/mol. The van der Waals surface area contributed by atoms with Gasteiger partial charge < -0.3 is 15.4 Å². The summed E-state index contributed by atoms with van der Waals surface area (Å²) in [7, 11) is 1.53. The molecule has 1 aromatic carbocycles. The summed E-state index contributed by atoms with van der Waals surface area (Å²) in [5.41, 5.74) is 0.832. The minimum atomic E-state index is -4.40. The number of rotatable bonds is 6. The van der Waals surface area contributed by atoms with Gasteiger partial charge in [-0.15, -0.1) is 0 Å². The third kappa shape index (κ3) is 5.48. The molecule has 0 radical (unpaired) electrons. The lowest BCUT2D eigenvalue weighted by Gasteiger charge is -2.17. The first-order valence-corrected chi connectivity index (χ1v) is 6.03. The van der Waals surface area contributed by atoms with Crippen LogP contribution in [0.25, 0.3) is 0 Å². The minimum Gasteiger partial charge on any atom is -0.496 e. The van der Waals surface area contributed by atoms with Gasteiger partial charge in [0, 0.05) is 11.6 Å². The molecule has 0 spiro atoms. The molecule has 7 heteroatoms. The molecule has 0 aliphatic rings. The summed E-state index contributed by atoms with van der Waals surface area (Å²) in [5, 5.41) is 4.65. The van der Waals surface area contributed by atoms with Crippen LogP contribution in [0.2, 0.25) is 0 Å². The molecule has 1 aromatic rings. The molecule has 0 unspecified atom stereocenters. The number of hydrogen-bond donors (Lipinski definition) is 2. The molecule has 0 saturated carbocycles. The Bertz CT molecular complexity index is 449. The predicted octanol–water partition coefficient (Wildman–Crippen LogP) is 2.02. The molecule has 1 amide bonds. The van der Waals surface area contributed by atoms with Crippen LogP contribution in [0.1, 0.15) is 18.5 Å². The lowest BCUT2D eigenvalue weighted by molar-refractivity contribution is -0.137. The summed E-state index contributed by atoms with van der Waals surface area (Å²) in [6.45, 7) is 0.279. The maximum Gasteiger partial charge on any atom is 0.405 e. The van der Waals surface area contributed by atoms with Crippen molar-refractivity contribution in [2.45, 2.75) is 19.1 Å². The first kappa shape index (κ1) is 16.3. The highest BCUT2D eigenvalue weighted by Gasteiger charge is 2.27. The number of methoxy groups -OCH3 is 1. The van der Waals surface area contributed by atoms with E-state index in [1.165, 1.54) is 7.11 Å². The SMILES string of the molecule is COc1ccccc1[C@H](C)NCC(=O)NCC(F)(F)F. The molecule has 0 saturated heterocycles. The number of ether oxygens (including phenoxy) is 1. The van der Waals surface area contributed by atoms with Gasteiger partial charge in [0.2, 0.25) is 5.91 Å². The minimum absolute atomic E-state index is 0.199. The number of amides is 1. The Morgan fingerprint density at radius 2 is 2.00 bits per heavy atom. The molecule has 1 rings (SSSR count). The Morgan fingerprint density at radius 3 is 2.60 bits per heavy atom. The fraction of sp³-hybridized carbons (Fsp3) is 0.462. The molecule has 0 aliphatic carbocycles. The molecule has 0 aromatic heterocycles. The maximum atomic E-state index is 11.9. The molecule has 2 N–H and O–H groups in total. The van der Waals surface area contributed by atoms with Crippen LogP contribution in [0.3, 0.4) is 0 Å². The molecule has 0 heterocycles. The first-order chi connectivity index (χ1) is 9.33. The van der Waals surface area contributed by atoms with E-state index in [-0.39, 0.29) is 12.6 Å². The average molecular weight is 290 g/mol. The standard InChI is InChI=1S/C13H17F3N2O2/c1-9(10-5-3-4-6-11(10)20-2)17-7-12(19)18-8-13(14,15)16/h3-6,9,17H,7-8H2,1-2H3,(H,18,19)/t9-/m0/s1. The monoisotopic (exact) mass is 290 g/mol. The van der Waals surface area contributed by atoms with Crippen molar-refractivity contribution in [1.82, 2.24) is 10.6 Å². The van der Waals surface area contributed by atoms with Gasteiger partial charge in [-0.2, -0.15) is 13.2 Å². The van der Waals surface area contributed by atoms with Crippen molar-refractivity contribution in [3.8, 4) is 5.75 Å². The van der Waals surface area contributed by atoms with Crippen LogP contribution in [-0.4, -0.2) is 32.3 Å². The third-order valence-electron chi connectivity index (χ3n) is 2.66. The maximum absolute atomic E-state index is 11.9. The van der Waals surface area contributed by atoms with Crippen LogP contribution in [0.5, 0.6) is 5.75 Å². The van der Waals surface area contributed by atoms with Gasteiger partial charge >= 0.3 is 6.18 Å². The zero-order chi connectivity index (χ0) is 15.2. The normalized spacial score (nSPS) is 12.8. The Morgan fingerprint density at radius 1 is 1.35 bits per heavy atom. The Labute approximate surface area is 115 Å². The lowest BCUT2D eigenvalue weighted by Crippen LogP contribution is -2.39. The largest absolute Gasteiger partial charge is 0.496 e.